The molecule has 1 aromatic carbocycles. The zero-order chi connectivity index (χ0) is 12.0. The van der Waals surface area contributed by atoms with E-state index in [2.05, 4.69) is 17.9 Å². The molecule has 0 aliphatic heterocycles. The van der Waals surface area contributed by atoms with Gasteiger partial charge in [0.05, 0.1) is 11.6 Å². The Hall–Kier alpha value is -1.53. The van der Waals surface area contributed by atoms with Crippen molar-refractivity contribution in [2.24, 2.45) is 0 Å². The zero-order valence-electron chi connectivity index (χ0n) is 9.90. The van der Waals surface area contributed by atoms with Crippen LogP contribution in [-0.2, 0) is 0 Å². The number of benzene rings is 1. The van der Waals surface area contributed by atoms with E-state index in [1.165, 1.54) is 0 Å². The van der Waals surface area contributed by atoms with E-state index < -0.39 is 0 Å². The minimum absolute atomic E-state index is 0.214. The van der Waals surface area contributed by atoms with Crippen LogP contribution in [0.5, 0.6) is 0 Å². The van der Waals surface area contributed by atoms with Gasteiger partial charge in [-0.25, -0.2) is 0 Å². The van der Waals surface area contributed by atoms with Gasteiger partial charge in [-0.15, -0.1) is 0 Å². The van der Waals surface area contributed by atoms with Gasteiger partial charge in [-0.3, -0.25) is 0 Å². The topological polar surface area (TPSA) is 47.3 Å². The third kappa shape index (κ3) is 2.98. The first kappa shape index (κ1) is 12.5. The van der Waals surface area contributed by atoms with E-state index >= 15 is 0 Å². The van der Waals surface area contributed by atoms with Crippen LogP contribution in [0.4, 0.5) is 5.69 Å². The summed E-state index contributed by atoms with van der Waals surface area (Å²) in [6, 6.07) is 8.01. The molecular formula is C13H18N2O. The second-order valence-electron chi connectivity index (χ2n) is 3.77. The SMILES string of the molecule is CCN(CCCO)c1ccc(C#N)c(C)c1. The van der Waals surface area contributed by atoms with Gasteiger partial charge in [0.15, 0.2) is 0 Å². The van der Waals surface area contributed by atoms with E-state index in [1.54, 1.807) is 0 Å². The molecule has 0 radical (unpaired) electrons. The Bertz CT molecular complexity index is 382. The maximum atomic E-state index is 8.85. The molecule has 86 valence electrons. The van der Waals surface area contributed by atoms with Crippen LogP contribution in [0.15, 0.2) is 18.2 Å². The van der Waals surface area contributed by atoms with E-state index in [-0.39, 0.29) is 6.61 Å². The summed E-state index contributed by atoms with van der Waals surface area (Å²) in [6.45, 7) is 6.00. The molecule has 0 aromatic heterocycles. The number of nitriles is 1. The summed E-state index contributed by atoms with van der Waals surface area (Å²) < 4.78 is 0. The lowest BCUT2D eigenvalue weighted by Crippen LogP contribution is -2.24. The predicted octanol–water partition coefficient (Wildman–Crippen LogP) is 2.08. The Morgan fingerprint density at radius 2 is 2.19 bits per heavy atom. The molecule has 0 spiro atoms. The third-order valence-electron chi connectivity index (χ3n) is 2.66. The molecule has 0 fully saturated rings. The molecule has 3 heteroatoms. The van der Waals surface area contributed by atoms with Gasteiger partial charge in [-0.1, -0.05) is 0 Å². The van der Waals surface area contributed by atoms with E-state index in [4.69, 9.17) is 10.4 Å². The van der Waals surface area contributed by atoms with E-state index in [0.717, 1.165) is 36.3 Å². The number of hydrogen-bond donors (Lipinski definition) is 1. The Kier molecular flexibility index (Phi) is 4.81. The fourth-order valence-corrected chi connectivity index (χ4v) is 1.70. The van der Waals surface area contributed by atoms with Crippen LogP contribution in [0.25, 0.3) is 0 Å². The van der Waals surface area contributed by atoms with Crippen LogP contribution >= 0.6 is 0 Å². The average Bonchev–Trinajstić information content (AvgIpc) is 2.30. The number of hydrogen-bond acceptors (Lipinski definition) is 3. The van der Waals surface area contributed by atoms with Gasteiger partial charge in [0.1, 0.15) is 0 Å². The highest BCUT2D eigenvalue weighted by molar-refractivity contribution is 5.53. The fourth-order valence-electron chi connectivity index (χ4n) is 1.70. The van der Waals surface area contributed by atoms with E-state index in [0.29, 0.717) is 0 Å². The molecule has 1 rings (SSSR count). The van der Waals surface area contributed by atoms with Crippen LogP contribution in [0.1, 0.15) is 24.5 Å². The van der Waals surface area contributed by atoms with Gasteiger partial charge >= 0.3 is 0 Å². The largest absolute Gasteiger partial charge is 0.396 e. The maximum absolute atomic E-state index is 8.85. The first-order chi connectivity index (χ1) is 7.72. The maximum Gasteiger partial charge on any atom is 0.0994 e. The highest BCUT2D eigenvalue weighted by Gasteiger charge is 2.05. The predicted molar refractivity (Wildman–Crippen MR) is 65.5 cm³/mol. The molecular weight excluding hydrogens is 200 g/mol. The molecule has 0 heterocycles. The van der Waals surface area contributed by atoms with Crippen molar-refractivity contribution in [3.63, 3.8) is 0 Å². The first-order valence-electron chi connectivity index (χ1n) is 5.59. The van der Waals surface area contributed by atoms with Crippen molar-refractivity contribution in [2.75, 3.05) is 24.6 Å². The highest BCUT2D eigenvalue weighted by atomic mass is 16.3. The molecule has 1 N–H and O–H groups in total. The third-order valence-corrected chi connectivity index (χ3v) is 2.66. The van der Waals surface area contributed by atoms with Crippen molar-refractivity contribution in [3.8, 4) is 6.07 Å². The van der Waals surface area contributed by atoms with Gasteiger partial charge in [0, 0.05) is 25.4 Å². The second-order valence-corrected chi connectivity index (χ2v) is 3.77. The molecule has 0 bridgehead atoms. The van der Waals surface area contributed by atoms with Crippen molar-refractivity contribution < 1.29 is 5.11 Å². The summed E-state index contributed by atoms with van der Waals surface area (Å²) in [5.74, 6) is 0. The van der Waals surface area contributed by atoms with Crippen molar-refractivity contribution >= 4 is 5.69 Å². The number of nitrogens with zero attached hydrogens (tertiary/aromatic N) is 2. The van der Waals surface area contributed by atoms with Crippen molar-refractivity contribution in [1.82, 2.24) is 0 Å². The zero-order valence-corrected chi connectivity index (χ0v) is 9.90. The standard InChI is InChI=1S/C13H18N2O/c1-3-15(7-4-8-16)13-6-5-12(10-14)11(2)9-13/h5-6,9,16H,3-4,7-8H2,1-2H3. The fraction of sp³-hybridized carbons (Fsp3) is 0.462. The summed E-state index contributed by atoms with van der Waals surface area (Å²) >= 11 is 0. The molecule has 3 nitrogen and oxygen atoms in total. The van der Waals surface area contributed by atoms with Crippen LogP contribution in [0.3, 0.4) is 0 Å². The van der Waals surface area contributed by atoms with E-state index in [1.807, 2.05) is 25.1 Å². The summed E-state index contributed by atoms with van der Waals surface area (Å²) in [5.41, 5.74) is 2.84. The van der Waals surface area contributed by atoms with Gasteiger partial charge in [-0.05, 0) is 44.0 Å². The molecule has 0 unspecified atom stereocenters. The first-order valence-corrected chi connectivity index (χ1v) is 5.59. The van der Waals surface area contributed by atoms with Crippen LogP contribution in [0.2, 0.25) is 0 Å². The van der Waals surface area contributed by atoms with Gasteiger partial charge in [0.2, 0.25) is 0 Å². The Balaban J connectivity index is 2.86. The smallest absolute Gasteiger partial charge is 0.0994 e. The van der Waals surface area contributed by atoms with Crippen LogP contribution < -0.4 is 4.90 Å². The molecule has 1 aromatic rings. The van der Waals surface area contributed by atoms with Crippen molar-refractivity contribution in [2.45, 2.75) is 20.3 Å². The Labute approximate surface area is 96.9 Å². The molecule has 0 amide bonds. The number of aryl methyl sites for hydroxylation is 1. The monoisotopic (exact) mass is 218 g/mol. The quantitative estimate of drug-likeness (QED) is 0.823. The van der Waals surface area contributed by atoms with Crippen molar-refractivity contribution in [1.29, 1.82) is 5.26 Å². The van der Waals surface area contributed by atoms with E-state index in [9.17, 15) is 0 Å². The highest BCUT2D eigenvalue weighted by Crippen LogP contribution is 2.18. The minimum Gasteiger partial charge on any atom is -0.396 e. The average molecular weight is 218 g/mol. The number of anilines is 1. The second kappa shape index (κ2) is 6.14. The van der Waals surface area contributed by atoms with Crippen LogP contribution in [0, 0.1) is 18.3 Å². The lowest BCUT2D eigenvalue weighted by molar-refractivity contribution is 0.289. The molecule has 16 heavy (non-hydrogen) atoms. The number of rotatable bonds is 5. The summed E-state index contributed by atoms with van der Waals surface area (Å²) in [5, 5.41) is 17.7. The minimum atomic E-state index is 0.214. The number of aliphatic hydroxyl groups excluding tert-OH is 1. The molecule has 0 atom stereocenters. The van der Waals surface area contributed by atoms with Crippen molar-refractivity contribution in [3.05, 3.63) is 29.3 Å². The lowest BCUT2D eigenvalue weighted by atomic mass is 10.1. The molecule has 0 saturated heterocycles. The molecule has 0 aliphatic carbocycles. The Morgan fingerprint density at radius 3 is 2.69 bits per heavy atom. The normalized spacial score (nSPS) is 9.88. The van der Waals surface area contributed by atoms with Crippen LogP contribution in [-0.4, -0.2) is 24.8 Å². The molecule has 0 aliphatic rings. The van der Waals surface area contributed by atoms with Gasteiger partial charge in [0.25, 0.3) is 0 Å². The Morgan fingerprint density at radius 1 is 1.44 bits per heavy atom. The molecule has 0 saturated carbocycles. The summed E-state index contributed by atoms with van der Waals surface area (Å²) in [7, 11) is 0. The number of aliphatic hydroxyl groups is 1. The summed E-state index contributed by atoms with van der Waals surface area (Å²) in [4.78, 5) is 2.20. The lowest BCUT2D eigenvalue weighted by Gasteiger charge is -2.23. The summed E-state index contributed by atoms with van der Waals surface area (Å²) in [6.07, 6.45) is 0.771. The van der Waals surface area contributed by atoms with Gasteiger partial charge in [-0.2, -0.15) is 5.26 Å². The van der Waals surface area contributed by atoms with Gasteiger partial charge < -0.3 is 10.0 Å².